The highest BCUT2D eigenvalue weighted by Crippen LogP contribution is 2.33. The minimum absolute atomic E-state index is 0.114. The van der Waals surface area contributed by atoms with Crippen LogP contribution >= 0.6 is 11.6 Å². The first-order chi connectivity index (χ1) is 9.36. The van der Waals surface area contributed by atoms with Crippen LogP contribution in [0.25, 0.3) is 0 Å². The van der Waals surface area contributed by atoms with Gasteiger partial charge < -0.3 is 10.5 Å². The van der Waals surface area contributed by atoms with Crippen molar-refractivity contribution in [2.75, 3.05) is 5.73 Å². The second kappa shape index (κ2) is 5.63. The lowest BCUT2D eigenvalue weighted by Crippen LogP contribution is -2.09. The number of halogens is 4. The molecule has 106 valence electrons. The van der Waals surface area contributed by atoms with E-state index in [1.165, 1.54) is 12.1 Å². The summed E-state index contributed by atoms with van der Waals surface area (Å²) in [6, 6.07) is 10.3. The van der Waals surface area contributed by atoms with E-state index in [0.29, 0.717) is 16.3 Å². The van der Waals surface area contributed by atoms with Gasteiger partial charge in [-0.1, -0.05) is 23.7 Å². The first-order valence-electron chi connectivity index (χ1n) is 5.70. The highest BCUT2D eigenvalue weighted by molar-refractivity contribution is 6.30. The Labute approximate surface area is 118 Å². The van der Waals surface area contributed by atoms with Gasteiger partial charge in [-0.15, -0.1) is 0 Å². The van der Waals surface area contributed by atoms with E-state index in [2.05, 4.69) is 0 Å². The minimum atomic E-state index is -4.45. The van der Waals surface area contributed by atoms with Gasteiger partial charge in [0.05, 0.1) is 5.56 Å². The van der Waals surface area contributed by atoms with Crippen molar-refractivity contribution in [3.05, 3.63) is 58.6 Å². The lowest BCUT2D eigenvalue weighted by molar-refractivity contribution is -0.136. The largest absolute Gasteiger partial charge is 0.489 e. The topological polar surface area (TPSA) is 35.2 Å². The molecule has 2 aromatic carbocycles. The molecule has 0 fully saturated rings. The SMILES string of the molecule is Nc1cc(COc2cccc(Cl)c2)ccc1C(F)(F)F. The predicted molar refractivity (Wildman–Crippen MR) is 71.6 cm³/mol. The van der Waals surface area contributed by atoms with Crippen molar-refractivity contribution >= 4 is 17.3 Å². The Kier molecular flexibility index (Phi) is 4.09. The molecule has 0 aliphatic rings. The number of alkyl halides is 3. The van der Waals surface area contributed by atoms with Gasteiger partial charge in [-0.3, -0.25) is 0 Å². The molecule has 2 nitrogen and oxygen atoms in total. The van der Waals surface area contributed by atoms with Gasteiger partial charge in [0.1, 0.15) is 12.4 Å². The van der Waals surface area contributed by atoms with Crippen molar-refractivity contribution < 1.29 is 17.9 Å². The Morgan fingerprint density at radius 1 is 1.10 bits per heavy atom. The summed E-state index contributed by atoms with van der Waals surface area (Å²) in [6.07, 6.45) is -4.45. The zero-order valence-corrected chi connectivity index (χ0v) is 11.0. The van der Waals surface area contributed by atoms with Gasteiger partial charge in [-0.2, -0.15) is 13.2 Å². The van der Waals surface area contributed by atoms with Crippen LogP contribution in [0, 0.1) is 0 Å². The zero-order valence-electron chi connectivity index (χ0n) is 10.2. The van der Waals surface area contributed by atoms with Gasteiger partial charge in [0.15, 0.2) is 0 Å². The van der Waals surface area contributed by atoms with Crippen LogP contribution in [-0.4, -0.2) is 0 Å². The van der Waals surface area contributed by atoms with Crippen LogP contribution in [0.1, 0.15) is 11.1 Å². The second-order valence-corrected chi connectivity index (χ2v) is 4.60. The van der Waals surface area contributed by atoms with Crippen LogP contribution in [0.15, 0.2) is 42.5 Å². The number of benzene rings is 2. The number of anilines is 1. The van der Waals surface area contributed by atoms with Gasteiger partial charge >= 0.3 is 6.18 Å². The fourth-order valence-electron chi connectivity index (χ4n) is 1.68. The third-order valence-electron chi connectivity index (χ3n) is 2.62. The van der Waals surface area contributed by atoms with E-state index in [0.717, 1.165) is 6.07 Å². The van der Waals surface area contributed by atoms with E-state index in [9.17, 15) is 13.2 Å². The van der Waals surface area contributed by atoms with E-state index in [1.807, 2.05) is 0 Å². The minimum Gasteiger partial charge on any atom is -0.489 e. The molecule has 0 saturated heterocycles. The fraction of sp³-hybridized carbons (Fsp3) is 0.143. The molecule has 2 aromatic rings. The molecule has 2 N–H and O–H groups in total. The predicted octanol–water partition coefficient (Wildman–Crippen LogP) is 4.52. The quantitative estimate of drug-likeness (QED) is 0.846. The molecule has 0 aromatic heterocycles. The van der Waals surface area contributed by atoms with E-state index in [4.69, 9.17) is 22.1 Å². The van der Waals surface area contributed by atoms with Gasteiger partial charge in [0, 0.05) is 10.7 Å². The average Bonchev–Trinajstić information content (AvgIpc) is 2.35. The van der Waals surface area contributed by atoms with Crippen LogP contribution in [-0.2, 0) is 12.8 Å². The Morgan fingerprint density at radius 2 is 1.85 bits per heavy atom. The highest BCUT2D eigenvalue weighted by atomic mass is 35.5. The third kappa shape index (κ3) is 3.57. The van der Waals surface area contributed by atoms with Crippen molar-refractivity contribution in [2.45, 2.75) is 12.8 Å². The molecule has 0 atom stereocenters. The molecule has 0 radical (unpaired) electrons. The molecular formula is C14H11ClF3NO. The van der Waals surface area contributed by atoms with Crippen LogP contribution in [0.3, 0.4) is 0 Å². The molecule has 0 heterocycles. The normalized spacial score (nSPS) is 11.4. The van der Waals surface area contributed by atoms with Gasteiger partial charge in [-0.25, -0.2) is 0 Å². The monoisotopic (exact) mass is 301 g/mol. The molecule has 0 saturated carbocycles. The molecule has 0 bridgehead atoms. The first kappa shape index (κ1) is 14.5. The standard InChI is InChI=1S/C14H11ClF3NO/c15-10-2-1-3-11(7-10)20-8-9-4-5-12(13(19)6-9)14(16,17)18/h1-7H,8,19H2. The van der Waals surface area contributed by atoms with Crippen molar-refractivity contribution in [3.8, 4) is 5.75 Å². The molecule has 20 heavy (non-hydrogen) atoms. The molecular weight excluding hydrogens is 291 g/mol. The smallest absolute Gasteiger partial charge is 0.418 e. The lowest BCUT2D eigenvalue weighted by Gasteiger charge is -2.12. The van der Waals surface area contributed by atoms with Gasteiger partial charge in [0.25, 0.3) is 0 Å². The molecule has 0 amide bonds. The second-order valence-electron chi connectivity index (χ2n) is 4.17. The number of nitrogens with two attached hydrogens (primary N) is 1. The summed E-state index contributed by atoms with van der Waals surface area (Å²) in [6.45, 7) is 0.114. The molecule has 2 rings (SSSR count). The van der Waals surface area contributed by atoms with Crippen LogP contribution in [0.5, 0.6) is 5.75 Å². The summed E-state index contributed by atoms with van der Waals surface area (Å²) in [4.78, 5) is 0. The Balaban J connectivity index is 2.10. The van der Waals surface area contributed by atoms with Gasteiger partial charge in [-0.05, 0) is 35.9 Å². The third-order valence-corrected chi connectivity index (χ3v) is 2.86. The average molecular weight is 302 g/mol. The van der Waals surface area contributed by atoms with Crippen molar-refractivity contribution in [3.63, 3.8) is 0 Å². The number of hydrogen-bond acceptors (Lipinski definition) is 2. The molecule has 0 aliphatic heterocycles. The fourth-order valence-corrected chi connectivity index (χ4v) is 1.86. The summed E-state index contributed by atoms with van der Waals surface area (Å²) in [5.41, 5.74) is 4.80. The maximum absolute atomic E-state index is 12.5. The van der Waals surface area contributed by atoms with E-state index in [1.54, 1.807) is 24.3 Å². The maximum atomic E-state index is 12.5. The molecule has 0 unspecified atom stereocenters. The van der Waals surface area contributed by atoms with Crippen LogP contribution in [0.4, 0.5) is 18.9 Å². The number of hydrogen-bond donors (Lipinski definition) is 1. The van der Waals surface area contributed by atoms with E-state index < -0.39 is 11.7 Å². The lowest BCUT2D eigenvalue weighted by atomic mass is 10.1. The number of nitrogen functional groups attached to an aromatic ring is 1. The molecule has 6 heteroatoms. The highest BCUT2D eigenvalue weighted by Gasteiger charge is 2.32. The Hall–Kier alpha value is -1.88. The van der Waals surface area contributed by atoms with Gasteiger partial charge in [0.2, 0.25) is 0 Å². The summed E-state index contributed by atoms with van der Waals surface area (Å²) in [5, 5.41) is 0.523. The molecule has 0 spiro atoms. The van der Waals surface area contributed by atoms with E-state index >= 15 is 0 Å². The van der Waals surface area contributed by atoms with Crippen LogP contribution < -0.4 is 10.5 Å². The van der Waals surface area contributed by atoms with Crippen molar-refractivity contribution in [2.24, 2.45) is 0 Å². The Morgan fingerprint density at radius 3 is 2.45 bits per heavy atom. The maximum Gasteiger partial charge on any atom is 0.418 e. The summed E-state index contributed by atoms with van der Waals surface area (Å²) in [7, 11) is 0. The van der Waals surface area contributed by atoms with Crippen LogP contribution in [0.2, 0.25) is 5.02 Å². The number of ether oxygens (including phenoxy) is 1. The zero-order chi connectivity index (χ0) is 14.8. The van der Waals surface area contributed by atoms with Crippen molar-refractivity contribution in [1.82, 2.24) is 0 Å². The number of rotatable bonds is 3. The molecule has 0 aliphatic carbocycles. The Bertz CT molecular complexity index is 614. The van der Waals surface area contributed by atoms with Crippen molar-refractivity contribution in [1.29, 1.82) is 0 Å². The summed E-state index contributed by atoms with van der Waals surface area (Å²) < 4.78 is 43.1. The summed E-state index contributed by atoms with van der Waals surface area (Å²) in [5.74, 6) is 0.538. The first-order valence-corrected chi connectivity index (χ1v) is 6.08. The summed E-state index contributed by atoms with van der Waals surface area (Å²) >= 11 is 5.80. The van der Waals surface area contributed by atoms with E-state index in [-0.39, 0.29) is 12.3 Å².